The van der Waals surface area contributed by atoms with Gasteiger partial charge in [-0.2, -0.15) is 4.98 Å². The van der Waals surface area contributed by atoms with Crippen molar-refractivity contribution >= 4 is 0 Å². The minimum atomic E-state index is -0.127. The lowest BCUT2D eigenvalue weighted by atomic mass is 9.97. The van der Waals surface area contributed by atoms with Crippen LogP contribution in [0.5, 0.6) is 5.75 Å². The van der Waals surface area contributed by atoms with E-state index in [1.165, 1.54) is 0 Å². The summed E-state index contributed by atoms with van der Waals surface area (Å²) in [5.41, 5.74) is 1.02. The van der Waals surface area contributed by atoms with E-state index in [0.29, 0.717) is 18.3 Å². The van der Waals surface area contributed by atoms with Crippen LogP contribution >= 0.6 is 0 Å². The van der Waals surface area contributed by atoms with Crippen molar-refractivity contribution in [3.8, 4) is 5.75 Å². The molecule has 5 heteroatoms. The Balaban J connectivity index is 2.11. The highest BCUT2D eigenvalue weighted by Crippen LogP contribution is 2.29. The maximum absolute atomic E-state index is 5.44. The summed E-state index contributed by atoms with van der Waals surface area (Å²) in [5, 5.41) is 4.08. The molecular formula is C17H25N3O2. The number of methoxy groups -OCH3 is 1. The SMILES string of the molecule is COc1ccccc1[C@@H](C)N(C)Cc1noc(C(C)(C)C)n1. The predicted octanol–water partition coefficient (Wildman–Crippen LogP) is 3.57. The number of rotatable bonds is 5. The molecule has 0 aliphatic heterocycles. The highest BCUT2D eigenvalue weighted by molar-refractivity contribution is 5.35. The summed E-state index contributed by atoms with van der Waals surface area (Å²) in [6, 6.07) is 8.24. The fraction of sp³-hybridized carbons (Fsp3) is 0.529. The van der Waals surface area contributed by atoms with Crippen LogP contribution in [0.25, 0.3) is 0 Å². The molecule has 5 nitrogen and oxygen atoms in total. The van der Waals surface area contributed by atoms with Crippen LogP contribution < -0.4 is 4.74 Å². The number of ether oxygens (including phenoxy) is 1. The van der Waals surface area contributed by atoms with Crippen LogP contribution in [-0.2, 0) is 12.0 Å². The van der Waals surface area contributed by atoms with Crippen molar-refractivity contribution in [2.24, 2.45) is 0 Å². The molecule has 0 fully saturated rings. The number of hydrogen-bond acceptors (Lipinski definition) is 5. The predicted molar refractivity (Wildman–Crippen MR) is 85.9 cm³/mol. The molecule has 0 unspecified atom stereocenters. The zero-order chi connectivity index (χ0) is 16.3. The van der Waals surface area contributed by atoms with Crippen LogP contribution in [0.1, 0.15) is 51.0 Å². The normalized spacial score (nSPS) is 13.4. The molecule has 0 saturated carbocycles. The van der Waals surface area contributed by atoms with Crippen LogP contribution in [0.4, 0.5) is 0 Å². The Morgan fingerprint density at radius 3 is 2.55 bits per heavy atom. The van der Waals surface area contributed by atoms with Gasteiger partial charge in [0.05, 0.1) is 13.7 Å². The number of nitrogens with zero attached hydrogens (tertiary/aromatic N) is 3. The molecule has 0 aliphatic rings. The molecule has 0 spiro atoms. The second kappa shape index (κ2) is 6.48. The lowest BCUT2D eigenvalue weighted by Crippen LogP contribution is -2.23. The van der Waals surface area contributed by atoms with E-state index in [9.17, 15) is 0 Å². The van der Waals surface area contributed by atoms with Crippen LogP contribution in [0.15, 0.2) is 28.8 Å². The average molecular weight is 303 g/mol. The van der Waals surface area contributed by atoms with E-state index in [2.05, 4.69) is 48.8 Å². The third-order valence-electron chi connectivity index (χ3n) is 3.75. The first kappa shape index (κ1) is 16.5. The first-order valence-corrected chi connectivity index (χ1v) is 7.49. The third kappa shape index (κ3) is 3.65. The molecule has 2 rings (SSSR count). The van der Waals surface area contributed by atoms with Gasteiger partial charge in [-0.25, -0.2) is 0 Å². The number of benzene rings is 1. The fourth-order valence-electron chi connectivity index (χ4n) is 2.23. The van der Waals surface area contributed by atoms with Crippen molar-refractivity contribution < 1.29 is 9.26 Å². The summed E-state index contributed by atoms with van der Waals surface area (Å²) in [7, 11) is 3.74. The first-order chi connectivity index (χ1) is 10.3. The molecule has 0 aliphatic carbocycles. The number of aromatic nitrogens is 2. The second-order valence-corrected chi connectivity index (χ2v) is 6.60. The van der Waals surface area contributed by atoms with Crippen molar-refractivity contribution in [2.75, 3.05) is 14.2 Å². The van der Waals surface area contributed by atoms with E-state index in [4.69, 9.17) is 9.26 Å². The Hall–Kier alpha value is -1.88. The molecule has 0 bridgehead atoms. The highest BCUT2D eigenvalue weighted by Gasteiger charge is 2.23. The van der Waals surface area contributed by atoms with Gasteiger partial charge in [-0.15, -0.1) is 0 Å². The van der Waals surface area contributed by atoms with Crippen LogP contribution in [0.2, 0.25) is 0 Å². The maximum Gasteiger partial charge on any atom is 0.232 e. The van der Waals surface area contributed by atoms with E-state index < -0.39 is 0 Å². The van der Waals surface area contributed by atoms with Crippen molar-refractivity contribution in [3.63, 3.8) is 0 Å². The first-order valence-electron chi connectivity index (χ1n) is 7.49. The molecule has 22 heavy (non-hydrogen) atoms. The van der Waals surface area contributed by atoms with E-state index >= 15 is 0 Å². The van der Waals surface area contributed by atoms with Gasteiger partial charge in [0.1, 0.15) is 5.75 Å². The van der Waals surface area contributed by atoms with Crippen LogP contribution in [-0.4, -0.2) is 29.2 Å². The van der Waals surface area contributed by atoms with E-state index in [0.717, 1.165) is 11.3 Å². The van der Waals surface area contributed by atoms with Gasteiger partial charge in [-0.05, 0) is 20.0 Å². The largest absolute Gasteiger partial charge is 0.496 e. The third-order valence-corrected chi connectivity index (χ3v) is 3.75. The lowest BCUT2D eigenvalue weighted by Gasteiger charge is -2.25. The highest BCUT2D eigenvalue weighted by atomic mass is 16.5. The molecular weight excluding hydrogens is 278 g/mol. The molecule has 1 aromatic heterocycles. The monoisotopic (exact) mass is 303 g/mol. The van der Waals surface area contributed by atoms with Crippen molar-refractivity contribution in [1.82, 2.24) is 15.0 Å². The Kier molecular flexibility index (Phi) is 4.86. The number of para-hydroxylation sites is 1. The molecule has 2 aromatic rings. The zero-order valence-electron chi connectivity index (χ0n) is 14.3. The second-order valence-electron chi connectivity index (χ2n) is 6.60. The molecule has 0 saturated heterocycles. The van der Waals surface area contributed by atoms with Crippen LogP contribution in [0.3, 0.4) is 0 Å². The Morgan fingerprint density at radius 2 is 1.95 bits per heavy atom. The topological polar surface area (TPSA) is 51.4 Å². The minimum Gasteiger partial charge on any atom is -0.496 e. The van der Waals surface area contributed by atoms with E-state index in [1.54, 1.807) is 7.11 Å². The molecule has 0 amide bonds. The Morgan fingerprint density at radius 1 is 1.27 bits per heavy atom. The number of hydrogen-bond donors (Lipinski definition) is 0. The van der Waals surface area contributed by atoms with Crippen LogP contribution in [0, 0.1) is 0 Å². The lowest BCUT2D eigenvalue weighted by molar-refractivity contribution is 0.236. The van der Waals surface area contributed by atoms with Gasteiger partial charge >= 0.3 is 0 Å². The van der Waals surface area contributed by atoms with Crippen molar-refractivity contribution in [1.29, 1.82) is 0 Å². The summed E-state index contributed by atoms with van der Waals surface area (Å²) in [5.74, 6) is 2.26. The zero-order valence-corrected chi connectivity index (χ0v) is 14.3. The smallest absolute Gasteiger partial charge is 0.232 e. The fourth-order valence-corrected chi connectivity index (χ4v) is 2.23. The van der Waals surface area contributed by atoms with Gasteiger partial charge in [0, 0.05) is 17.0 Å². The molecule has 0 radical (unpaired) electrons. The summed E-state index contributed by atoms with van der Waals surface area (Å²) >= 11 is 0. The molecule has 1 atom stereocenters. The average Bonchev–Trinajstić information content (AvgIpc) is 2.95. The molecule has 1 heterocycles. The van der Waals surface area contributed by atoms with Gasteiger partial charge in [-0.1, -0.05) is 44.1 Å². The summed E-state index contributed by atoms with van der Waals surface area (Å²) in [4.78, 5) is 6.67. The molecule has 0 N–H and O–H groups in total. The van der Waals surface area contributed by atoms with E-state index in [1.807, 2.05) is 25.2 Å². The van der Waals surface area contributed by atoms with Gasteiger partial charge in [0.15, 0.2) is 5.82 Å². The van der Waals surface area contributed by atoms with Gasteiger partial charge in [0.25, 0.3) is 0 Å². The molecule has 1 aromatic carbocycles. The molecule has 120 valence electrons. The standard InChI is InChI=1S/C17H25N3O2/c1-12(13-9-7-8-10-14(13)21-6)20(5)11-15-18-16(22-19-15)17(2,3)4/h7-10,12H,11H2,1-6H3/t12-/m1/s1. The Bertz CT molecular complexity index is 616. The van der Waals surface area contributed by atoms with E-state index in [-0.39, 0.29) is 11.5 Å². The van der Waals surface area contributed by atoms with Crippen molar-refractivity contribution in [3.05, 3.63) is 41.5 Å². The summed E-state index contributed by atoms with van der Waals surface area (Å²) in [6.45, 7) is 8.95. The Labute approximate surface area is 132 Å². The quantitative estimate of drug-likeness (QED) is 0.845. The minimum absolute atomic E-state index is 0.127. The van der Waals surface area contributed by atoms with Gasteiger partial charge in [0.2, 0.25) is 5.89 Å². The maximum atomic E-state index is 5.44. The van der Waals surface area contributed by atoms with Gasteiger partial charge < -0.3 is 9.26 Å². The summed E-state index contributed by atoms with van der Waals surface area (Å²) < 4.78 is 10.8. The summed E-state index contributed by atoms with van der Waals surface area (Å²) in [6.07, 6.45) is 0. The van der Waals surface area contributed by atoms with Crippen molar-refractivity contribution in [2.45, 2.75) is 45.7 Å². The van der Waals surface area contributed by atoms with Gasteiger partial charge in [-0.3, -0.25) is 4.90 Å².